The Hall–Kier alpha value is -1.63. The molecule has 7 heteroatoms. The zero-order chi connectivity index (χ0) is 16.9. The van der Waals surface area contributed by atoms with Crippen LogP contribution in [0.15, 0.2) is 22.8 Å². The van der Waals surface area contributed by atoms with Crippen LogP contribution in [0.4, 0.5) is 4.79 Å². The Morgan fingerprint density at radius 3 is 3.12 bits per heavy atom. The first-order chi connectivity index (χ1) is 11.6. The zero-order valence-electron chi connectivity index (χ0n) is 13.9. The maximum Gasteiger partial charge on any atom is 0.315 e. The number of nitrogens with one attached hydrogen (secondary N) is 3. The van der Waals surface area contributed by atoms with Gasteiger partial charge in [0.2, 0.25) is 5.91 Å². The minimum atomic E-state index is -0.0415. The van der Waals surface area contributed by atoms with Crippen LogP contribution >= 0.6 is 11.8 Å². The molecule has 0 saturated carbocycles. The van der Waals surface area contributed by atoms with Crippen LogP contribution < -0.4 is 16.0 Å². The average molecular weight is 351 g/mol. The maximum atomic E-state index is 12.0. The third-order valence-electron chi connectivity index (χ3n) is 4.58. The number of carbonyl (C=O) groups is 2. The number of carbonyl (C=O) groups excluding carboxylic acids is 2. The molecule has 3 amide bonds. The van der Waals surface area contributed by atoms with E-state index in [1.807, 2.05) is 30.8 Å². The number of thioether (sulfide) groups is 1. The van der Waals surface area contributed by atoms with Crippen molar-refractivity contribution in [2.24, 2.45) is 0 Å². The minimum absolute atomic E-state index is 0.0415. The molecular formula is C17H25N3O3S. The summed E-state index contributed by atoms with van der Waals surface area (Å²) in [6.45, 7) is 1.99. The van der Waals surface area contributed by atoms with Crippen molar-refractivity contribution in [3.8, 4) is 0 Å². The van der Waals surface area contributed by atoms with E-state index < -0.39 is 0 Å². The van der Waals surface area contributed by atoms with E-state index in [2.05, 4.69) is 16.0 Å². The Kier molecular flexibility index (Phi) is 5.71. The van der Waals surface area contributed by atoms with Crippen LogP contribution in [0.25, 0.3) is 0 Å². The van der Waals surface area contributed by atoms with E-state index >= 15 is 0 Å². The summed E-state index contributed by atoms with van der Waals surface area (Å²) < 4.78 is 5.29. The SMILES string of the molecule is CC(Cc1ccco1)NC(=O)CCCC[C@@H]1SC[C@@H]2NC(=O)N[C@@H]21. The van der Waals surface area contributed by atoms with Crippen LogP contribution in [0.3, 0.4) is 0 Å². The van der Waals surface area contributed by atoms with Crippen LogP contribution in [0.5, 0.6) is 0 Å². The largest absolute Gasteiger partial charge is 0.469 e. The van der Waals surface area contributed by atoms with E-state index in [1.165, 1.54) is 0 Å². The summed E-state index contributed by atoms with van der Waals surface area (Å²) in [5.41, 5.74) is 0. The molecule has 3 rings (SSSR count). The summed E-state index contributed by atoms with van der Waals surface area (Å²) in [7, 11) is 0. The van der Waals surface area contributed by atoms with Crippen LogP contribution in [0.1, 0.15) is 38.4 Å². The second kappa shape index (κ2) is 7.96. The summed E-state index contributed by atoms with van der Waals surface area (Å²) in [6, 6.07) is 4.35. The quantitative estimate of drug-likeness (QED) is 0.494. The third-order valence-corrected chi connectivity index (χ3v) is 6.08. The number of rotatable bonds is 8. The maximum absolute atomic E-state index is 12.0. The van der Waals surface area contributed by atoms with Gasteiger partial charge in [-0.15, -0.1) is 0 Å². The summed E-state index contributed by atoms with van der Waals surface area (Å²) in [5, 5.41) is 9.44. The van der Waals surface area contributed by atoms with Crippen molar-refractivity contribution in [2.45, 2.75) is 62.4 Å². The topological polar surface area (TPSA) is 83.4 Å². The highest BCUT2D eigenvalue weighted by Gasteiger charge is 2.42. The van der Waals surface area contributed by atoms with Gasteiger partial charge in [0, 0.05) is 29.9 Å². The van der Waals surface area contributed by atoms with Gasteiger partial charge in [0.05, 0.1) is 18.3 Å². The monoisotopic (exact) mass is 351 g/mol. The number of fused-ring (bicyclic) bond motifs is 1. The number of unbranched alkanes of at least 4 members (excludes halogenated alkanes) is 1. The average Bonchev–Trinajstić information content (AvgIpc) is 3.22. The molecule has 2 fully saturated rings. The third kappa shape index (κ3) is 4.47. The van der Waals surface area contributed by atoms with Gasteiger partial charge >= 0.3 is 6.03 Å². The molecule has 2 aliphatic rings. The lowest BCUT2D eigenvalue weighted by Crippen LogP contribution is -2.36. The standard InChI is InChI=1S/C17H25N3O3S/c1-11(9-12-5-4-8-23-12)18-15(21)7-3-2-6-14-16-13(10-24-14)19-17(22)20-16/h4-5,8,11,13-14,16H,2-3,6-7,9-10H2,1H3,(H,18,21)(H2,19,20,22)/t11?,13-,14-,16-/m0/s1. The van der Waals surface area contributed by atoms with E-state index in [9.17, 15) is 9.59 Å². The molecule has 24 heavy (non-hydrogen) atoms. The van der Waals surface area contributed by atoms with Crippen LogP contribution in [0.2, 0.25) is 0 Å². The van der Waals surface area contributed by atoms with Crippen molar-refractivity contribution in [3.05, 3.63) is 24.2 Å². The molecule has 2 aliphatic heterocycles. The van der Waals surface area contributed by atoms with Gasteiger partial charge in [-0.05, 0) is 31.9 Å². The van der Waals surface area contributed by atoms with E-state index in [4.69, 9.17) is 4.42 Å². The Bertz CT molecular complexity index is 563. The van der Waals surface area contributed by atoms with Crippen molar-refractivity contribution in [3.63, 3.8) is 0 Å². The van der Waals surface area contributed by atoms with Crippen molar-refractivity contribution in [2.75, 3.05) is 5.75 Å². The molecule has 3 heterocycles. The fraction of sp³-hybridized carbons (Fsp3) is 0.647. The number of hydrogen-bond donors (Lipinski definition) is 3. The Labute approximate surface area is 146 Å². The molecule has 3 N–H and O–H groups in total. The van der Waals surface area contributed by atoms with Crippen molar-refractivity contribution in [1.29, 1.82) is 0 Å². The Morgan fingerprint density at radius 2 is 2.33 bits per heavy atom. The smallest absolute Gasteiger partial charge is 0.315 e. The van der Waals surface area contributed by atoms with E-state index in [-0.39, 0.29) is 30.1 Å². The Balaban J connectivity index is 1.29. The highest BCUT2D eigenvalue weighted by molar-refractivity contribution is 8.00. The lowest BCUT2D eigenvalue weighted by molar-refractivity contribution is -0.121. The molecule has 1 aromatic heterocycles. The van der Waals surface area contributed by atoms with Gasteiger partial charge in [-0.3, -0.25) is 4.79 Å². The van der Waals surface area contributed by atoms with Crippen molar-refractivity contribution in [1.82, 2.24) is 16.0 Å². The lowest BCUT2D eigenvalue weighted by Gasteiger charge is -2.16. The molecule has 0 bridgehead atoms. The molecule has 1 unspecified atom stereocenters. The minimum Gasteiger partial charge on any atom is -0.469 e. The van der Waals surface area contributed by atoms with E-state index in [1.54, 1.807) is 6.26 Å². The van der Waals surface area contributed by atoms with Gasteiger partial charge in [0.15, 0.2) is 0 Å². The molecule has 0 aliphatic carbocycles. The predicted octanol–water partition coefficient (Wildman–Crippen LogP) is 2.05. The number of hydrogen-bond acceptors (Lipinski definition) is 4. The number of furan rings is 1. The lowest BCUT2D eigenvalue weighted by atomic mass is 10.0. The fourth-order valence-electron chi connectivity index (χ4n) is 3.40. The molecule has 6 nitrogen and oxygen atoms in total. The summed E-state index contributed by atoms with van der Waals surface area (Å²) >= 11 is 1.92. The second-order valence-corrected chi connectivity index (χ2v) is 7.89. The van der Waals surface area contributed by atoms with Gasteiger partial charge in [-0.2, -0.15) is 11.8 Å². The van der Waals surface area contributed by atoms with Gasteiger partial charge in [-0.25, -0.2) is 4.79 Å². The molecule has 0 spiro atoms. The van der Waals surface area contributed by atoms with E-state index in [0.29, 0.717) is 18.1 Å². The fourth-order valence-corrected chi connectivity index (χ4v) is 4.95. The zero-order valence-corrected chi connectivity index (χ0v) is 14.7. The molecule has 132 valence electrons. The van der Waals surface area contributed by atoms with E-state index in [0.717, 1.165) is 30.8 Å². The normalized spacial score (nSPS) is 26.5. The number of urea groups is 1. The molecule has 0 aromatic carbocycles. The molecular weight excluding hydrogens is 326 g/mol. The number of amides is 3. The van der Waals surface area contributed by atoms with Gasteiger partial charge < -0.3 is 20.4 Å². The summed E-state index contributed by atoms with van der Waals surface area (Å²) in [4.78, 5) is 23.3. The summed E-state index contributed by atoms with van der Waals surface area (Å²) in [5.74, 6) is 1.98. The first kappa shape index (κ1) is 17.2. The van der Waals surface area contributed by atoms with Gasteiger partial charge in [0.1, 0.15) is 5.76 Å². The summed E-state index contributed by atoms with van der Waals surface area (Å²) in [6.07, 6.45) is 5.86. The van der Waals surface area contributed by atoms with Crippen molar-refractivity contribution < 1.29 is 14.0 Å². The van der Waals surface area contributed by atoms with Crippen LogP contribution in [-0.2, 0) is 11.2 Å². The molecule has 0 radical (unpaired) electrons. The van der Waals surface area contributed by atoms with Crippen LogP contribution in [-0.4, -0.2) is 41.1 Å². The van der Waals surface area contributed by atoms with Gasteiger partial charge in [0.25, 0.3) is 0 Å². The highest BCUT2D eigenvalue weighted by atomic mass is 32.2. The predicted molar refractivity (Wildman–Crippen MR) is 94.0 cm³/mol. The Morgan fingerprint density at radius 1 is 1.46 bits per heavy atom. The second-order valence-electron chi connectivity index (χ2n) is 6.62. The van der Waals surface area contributed by atoms with Gasteiger partial charge in [-0.1, -0.05) is 6.42 Å². The highest BCUT2D eigenvalue weighted by Crippen LogP contribution is 2.33. The van der Waals surface area contributed by atoms with Crippen LogP contribution in [0, 0.1) is 0 Å². The van der Waals surface area contributed by atoms with Crippen molar-refractivity contribution >= 4 is 23.7 Å². The first-order valence-corrected chi connectivity index (χ1v) is 9.67. The molecule has 2 saturated heterocycles. The molecule has 4 atom stereocenters. The first-order valence-electron chi connectivity index (χ1n) is 8.62. The molecule has 1 aromatic rings.